The molecule has 0 unspecified atom stereocenters. The molecule has 0 saturated heterocycles. The van der Waals surface area contributed by atoms with E-state index in [0.717, 1.165) is 13.0 Å². The van der Waals surface area contributed by atoms with Crippen molar-refractivity contribution in [1.29, 1.82) is 0 Å². The number of aliphatic carboxylic acids is 1. The van der Waals surface area contributed by atoms with E-state index in [1.807, 2.05) is 6.07 Å². The predicted molar refractivity (Wildman–Crippen MR) is 67.6 cm³/mol. The van der Waals surface area contributed by atoms with Gasteiger partial charge in [-0.05, 0) is 12.1 Å². The fourth-order valence-corrected chi connectivity index (χ4v) is 1.66. The second-order valence-corrected chi connectivity index (χ2v) is 4.28. The van der Waals surface area contributed by atoms with Crippen molar-refractivity contribution in [2.75, 3.05) is 18.4 Å². The minimum atomic E-state index is -1.22. The number of amides is 1. The second-order valence-electron chi connectivity index (χ2n) is 4.28. The average Bonchev–Trinajstić information content (AvgIpc) is 2.38. The molecule has 0 saturated carbocycles. The molecular weight excluding hydrogens is 246 g/mol. The van der Waals surface area contributed by atoms with Crippen molar-refractivity contribution < 1.29 is 25.7 Å². The van der Waals surface area contributed by atoms with Crippen LogP contribution in [0.5, 0.6) is 0 Å². The standard InChI is InChI=1S/C13H19N3O3/c14-7-4-8-15-11(13(18)19)9-12(17)16-10-5-2-1-3-6-10/h1-3,5-6,11,15H,4,7-9,14H2,(H,16,17)(H,18,19)/p+1/t11-/m0/s1. The van der Waals surface area contributed by atoms with Crippen molar-refractivity contribution in [1.82, 2.24) is 0 Å². The number of hydrogen-bond acceptors (Lipinski definition) is 3. The summed E-state index contributed by atoms with van der Waals surface area (Å²) in [5.41, 5.74) is 4.34. The van der Waals surface area contributed by atoms with Crippen molar-refractivity contribution >= 4 is 17.6 Å². The molecule has 1 aromatic carbocycles. The number of carbonyl (C=O) groups excluding carboxylic acids is 2. The molecule has 1 rings (SSSR count). The summed E-state index contributed by atoms with van der Waals surface area (Å²) in [5.74, 6) is -1.54. The molecule has 0 bridgehead atoms. The minimum absolute atomic E-state index is 0.103. The van der Waals surface area contributed by atoms with E-state index in [2.05, 4.69) is 11.1 Å². The maximum atomic E-state index is 11.7. The number of carboxylic acid groups (broad SMARTS) is 1. The van der Waals surface area contributed by atoms with Gasteiger partial charge in [0.15, 0.2) is 0 Å². The highest BCUT2D eigenvalue weighted by Crippen LogP contribution is 2.05. The van der Waals surface area contributed by atoms with E-state index >= 15 is 0 Å². The van der Waals surface area contributed by atoms with E-state index < -0.39 is 12.0 Å². The van der Waals surface area contributed by atoms with E-state index in [1.165, 1.54) is 0 Å². The first-order chi connectivity index (χ1) is 9.13. The van der Waals surface area contributed by atoms with E-state index in [4.69, 9.17) is 0 Å². The SMILES string of the molecule is [NH3+]CCC[NH2+][C@@H](CC(=O)Nc1ccccc1)C(=O)[O-]. The number of rotatable bonds is 8. The van der Waals surface area contributed by atoms with Gasteiger partial charge in [-0.15, -0.1) is 0 Å². The maximum absolute atomic E-state index is 11.7. The molecule has 1 atom stereocenters. The number of nitrogens with one attached hydrogen (secondary N) is 1. The number of nitrogens with two attached hydrogens (primary N) is 1. The fourth-order valence-electron chi connectivity index (χ4n) is 1.66. The van der Waals surface area contributed by atoms with Gasteiger partial charge in [-0.25, -0.2) is 0 Å². The first-order valence-electron chi connectivity index (χ1n) is 6.32. The molecule has 0 radical (unpaired) electrons. The Kier molecular flexibility index (Phi) is 6.56. The van der Waals surface area contributed by atoms with Gasteiger partial charge in [-0.1, -0.05) is 18.2 Å². The Hall–Kier alpha value is -1.92. The largest absolute Gasteiger partial charge is 0.544 e. The Morgan fingerprint density at radius 3 is 2.58 bits per heavy atom. The molecule has 0 aliphatic rings. The number of benzene rings is 1. The zero-order chi connectivity index (χ0) is 14.1. The monoisotopic (exact) mass is 266 g/mol. The number of quaternary nitrogens is 2. The Bertz CT molecular complexity index is 409. The molecule has 1 aromatic rings. The second kappa shape index (κ2) is 8.23. The van der Waals surface area contributed by atoms with Gasteiger partial charge in [0.2, 0.25) is 5.91 Å². The lowest BCUT2D eigenvalue weighted by Crippen LogP contribution is -2.93. The Morgan fingerprint density at radius 2 is 2.00 bits per heavy atom. The van der Waals surface area contributed by atoms with Crippen LogP contribution in [-0.2, 0) is 9.59 Å². The number of carboxylic acids is 1. The molecule has 0 aromatic heterocycles. The minimum Gasteiger partial charge on any atom is -0.544 e. The topological polar surface area (TPSA) is 113 Å². The van der Waals surface area contributed by atoms with Crippen LogP contribution in [0.4, 0.5) is 5.69 Å². The van der Waals surface area contributed by atoms with Gasteiger partial charge in [-0.2, -0.15) is 0 Å². The summed E-state index contributed by atoms with van der Waals surface area (Å²) >= 11 is 0. The molecule has 1 amide bonds. The van der Waals surface area contributed by atoms with Gasteiger partial charge >= 0.3 is 0 Å². The van der Waals surface area contributed by atoms with Crippen molar-refractivity contribution in [3.8, 4) is 0 Å². The highest BCUT2D eigenvalue weighted by Gasteiger charge is 2.17. The highest BCUT2D eigenvalue weighted by molar-refractivity contribution is 5.93. The molecule has 104 valence electrons. The van der Waals surface area contributed by atoms with Crippen molar-refractivity contribution in [3.63, 3.8) is 0 Å². The van der Waals surface area contributed by atoms with Gasteiger partial charge in [0, 0.05) is 12.1 Å². The summed E-state index contributed by atoms with van der Waals surface area (Å²) in [7, 11) is 0. The van der Waals surface area contributed by atoms with Gasteiger partial charge in [0.1, 0.15) is 6.04 Å². The van der Waals surface area contributed by atoms with Crippen LogP contribution in [0.15, 0.2) is 30.3 Å². The summed E-state index contributed by atoms with van der Waals surface area (Å²) in [6.07, 6.45) is 0.707. The first kappa shape index (κ1) is 15.1. The summed E-state index contributed by atoms with van der Waals surface area (Å²) in [6.45, 7) is 1.37. The fraction of sp³-hybridized carbons (Fsp3) is 0.385. The van der Waals surface area contributed by atoms with E-state index in [0.29, 0.717) is 12.2 Å². The van der Waals surface area contributed by atoms with Gasteiger partial charge in [-0.3, -0.25) is 4.79 Å². The average molecular weight is 266 g/mol. The van der Waals surface area contributed by atoms with E-state index in [1.54, 1.807) is 29.6 Å². The third kappa shape index (κ3) is 5.98. The van der Waals surface area contributed by atoms with E-state index in [-0.39, 0.29) is 12.3 Å². The molecular formula is C13H20N3O3+. The third-order valence-corrected chi connectivity index (χ3v) is 2.67. The van der Waals surface area contributed by atoms with Gasteiger partial charge in [0.05, 0.1) is 25.5 Å². The first-order valence-corrected chi connectivity index (χ1v) is 6.32. The van der Waals surface area contributed by atoms with Crippen LogP contribution in [0.1, 0.15) is 12.8 Å². The molecule has 0 heterocycles. The molecule has 6 heteroatoms. The van der Waals surface area contributed by atoms with E-state index in [9.17, 15) is 14.7 Å². The molecule has 19 heavy (non-hydrogen) atoms. The summed E-state index contributed by atoms with van der Waals surface area (Å²) in [5, 5.41) is 15.2. The van der Waals surface area contributed by atoms with Crippen LogP contribution in [0.2, 0.25) is 0 Å². The predicted octanol–water partition coefficient (Wildman–Crippen LogP) is -2.67. The number of anilines is 1. The lowest BCUT2D eigenvalue weighted by molar-refractivity contribution is -0.684. The Morgan fingerprint density at radius 1 is 1.32 bits per heavy atom. The Balaban J connectivity index is 2.45. The van der Waals surface area contributed by atoms with Crippen LogP contribution in [0.3, 0.4) is 0 Å². The zero-order valence-corrected chi connectivity index (χ0v) is 10.8. The smallest absolute Gasteiger partial charge is 0.230 e. The normalized spacial score (nSPS) is 11.8. The zero-order valence-electron chi connectivity index (χ0n) is 10.8. The third-order valence-electron chi connectivity index (χ3n) is 2.67. The Labute approximate surface area is 112 Å². The van der Waals surface area contributed by atoms with Crippen LogP contribution in [0, 0.1) is 0 Å². The van der Waals surface area contributed by atoms with Crippen LogP contribution in [0.25, 0.3) is 0 Å². The lowest BCUT2D eigenvalue weighted by atomic mass is 10.2. The van der Waals surface area contributed by atoms with Crippen LogP contribution >= 0.6 is 0 Å². The van der Waals surface area contributed by atoms with Crippen LogP contribution < -0.4 is 21.5 Å². The van der Waals surface area contributed by atoms with Gasteiger partial charge < -0.3 is 26.3 Å². The van der Waals surface area contributed by atoms with Crippen LogP contribution in [-0.4, -0.2) is 31.0 Å². The number of carbonyl (C=O) groups is 2. The molecule has 6 N–H and O–H groups in total. The van der Waals surface area contributed by atoms with Gasteiger partial charge in [0.25, 0.3) is 0 Å². The molecule has 6 nitrogen and oxygen atoms in total. The van der Waals surface area contributed by atoms with Crippen molar-refractivity contribution in [3.05, 3.63) is 30.3 Å². The lowest BCUT2D eigenvalue weighted by Gasteiger charge is -2.16. The van der Waals surface area contributed by atoms with Crippen molar-refractivity contribution in [2.24, 2.45) is 0 Å². The number of para-hydroxylation sites is 1. The molecule has 0 aliphatic carbocycles. The molecule has 0 aliphatic heterocycles. The summed E-state index contributed by atoms with van der Waals surface area (Å²) in [6, 6.07) is 8.08. The molecule has 0 spiro atoms. The molecule has 0 fully saturated rings. The van der Waals surface area contributed by atoms with Crippen molar-refractivity contribution in [2.45, 2.75) is 18.9 Å². The summed E-state index contributed by atoms with van der Waals surface area (Å²) < 4.78 is 0. The maximum Gasteiger partial charge on any atom is 0.230 e. The summed E-state index contributed by atoms with van der Waals surface area (Å²) in [4.78, 5) is 22.7. The highest BCUT2D eigenvalue weighted by atomic mass is 16.4. The quantitative estimate of drug-likeness (QED) is 0.446. The number of hydrogen-bond donors (Lipinski definition) is 3.